The lowest BCUT2D eigenvalue weighted by Gasteiger charge is -2.00. The number of nitrogens with zero attached hydrogens (tertiary/aromatic N) is 2. The molecular weight excluding hydrogens is 162 g/mol. The molecule has 0 saturated heterocycles. The highest BCUT2D eigenvalue weighted by Gasteiger charge is 2.04. The van der Waals surface area contributed by atoms with E-state index in [1.54, 1.807) is 6.33 Å². The molecule has 1 heterocycles. The van der Waals surface area contributed by atoms with Gasteiger partial charge in [-0.2, -0.15) is 0 Å². The van der Waals surface area contributed by atoms with Crippen molar-refractivity contribution in [1.82, 2.24) is 9.55 Å². The maximum atomic E-state index is 5.81. The maximum absolute atomic E-state index is 5.81. The lowest BCUT2D eigenvalue weighted by atomic mass is 10.2. The maximum Gasteiger partial charge on any atom is 0.150 e. The lowest BCUT2D eigenvalue weighted by Crippen LogP contribution is -2.03. The van der Waals surface area contributed by atoms with E-state index in [1.807, 2.05) is 11.6 Å². The second-order valence-electron chi connectivity index (χ2n) is 2.49. The summed E-state index contributed by atoms with van der Waals surface area (Å²) in [5.74, 6) is 0. The molecular formula is C7H12ClN3. The quantitative estimate of drug-likeness (QED) is 0.740. The highest BCUT2D eigenvalue weighted by Crippen LogP contribution is 2.13. The van der Waals surface area contributed by atoms with Crippen molar-refractivity contribution in [1.29, 1.82) is 0 Å². The third-order valence-corrected chi connectivity index (χ3v) is 1.94. The molecule has 0 fully saturated rings. The molecule has 62 valence electrons. The molecule has 0 saturated carbocycles. The molecule has 0 radical (unpaired) electrons. The molecule has 3 nitrogen and oxygen atoms in total. The van der Waals surface area contributed by atoms with E-state index in [-0.39, 0.29) is 0 Å². The monoisotopic (exact) mass is 173 g/mol. The first-order valence-corrected chi connectivity index (χ1v) is 3.99. The van der Waals surface area contributed by atoms with Gasteiger partial charge in [-0.25, -0.2) is 4.98 Å². The van der Waals surface area contributed by atoms with Gasteiger partial charge in [0, 0.05) is 7.05 Å². The van der Waals surface area contributed by atoms with Gasteiger partial charge in [0.15, 0.2) is 0 Å². The Morgan fingerprint density at radius 1 is 1.73 bits per heavy atom. The van der Waals surface area contributed by atoms with E-state index in [4.69, 9.17) is 17.3 Å². The normalized spacial score (nSPS) is 10.5. The van der Waals surface area contributed by atoms with E-state index in [0.717, 1.165) is 18.5 Å². The van der Waals surface area contributed by atoms with Crippen LogP contribution in [0.15, 0.2) is 6.33 Å². The summed E-state index contributed by atoms with van der Waals surface area (Å²) in [4.78, 5) is 3.96. The second kappa shape index (κ2) is 3.74. The van der Waals surface area contributed by atoms with Gasteiger partial charge in [-0.1, -0.05) is 11.6 Å². The molecule has 0 atom stereocenters. The molecule has 0 aliphatic rings. The van der Waals surface area contributed by atoms with Gasteiger partial charge in [0.25, 0.3) is 0 Å². The third kappa shape index (κ3) is 1.94. The van der Waals surface area contributed by atoms with Crippen LogP contribution in [0.3, 0.4) is 0 Å². The number of imidazole rings is 1. The molecule has 0 bridgehead atoms. The molecule has 0 aromatic carbocycles. The number of aromatic nitrogens is 2. The van der Waals surface area contributed by atoms with Crippen molar-refractivity contribution < 1.29 is 0 Å². The van der Waals surface area contributed by atoms with Crippen LogP contribution in [0.25, 0.3) is 0 Å². The van der Waals surface area contributed by atoms with Gasteiger partial charge in [0.05, 0.1) is 12.0 Å². The van der Waals surface area contributed by atoms with E-state index in [9.17, 15) is 0 Å². The fourth-order valence-electron chi connectivity index (χ4n) is 0.976. The highest BCUT2D eigenvalue weighted by molar-refractivity contribution is 6.30. The number of hydrogen-bond acceptors (Lipinski definition) is 2. The molecule has 0 aliphatic heterocycles. The molecule has 0 amide bonds. The summed E-state index contributed by atoms with van der Waals surface area (Å²) in [5.41, 5.74) is 6.44. The first-order valence-electron chi connectivity index (χ1n) is 3.61. The van der Waals surface area contributed by atoms with Crippen LogP contribution in [0.2, 0.25) is 5.15 Å². The van der Waals surface area contributed by atoms with Crippen molar-refractivity contribution in [3.05, 3.63) is 17.2 Å². The summed E-state index contributed by atoms with van der Waals surface area (Å²) in [6.45, 7) is 0.696. The summed E-state index contributed by atoms with van der Waals surface area (Å²) in [5, 5.41) is 0.598. The SMILES string of the molecule is Cn1cnc(Cl)c1CCCN. The number of halogens is 1. The van der Waals surface area contributed by atoms with Crippen LogP contribution in [0.4, 0.5) is 0 Å². The van der Waals surface area contributed by atoms with Gasteiger partial charge in [0.1, 0.15) is 5.15 Å². The number of rotatable bonds is 3. The van der Waals surface area contributed by atoms with Crippen molar-refractivity contribution in [3.63, 3.8) is 0 Å². The molecule has 4 heteroatoms. The first kappa shape index (κ1) is 8.56. The van der Waals surface area contributed by atoms with Crippen molar-refractivity contribution in [2.45, 2.75) is 12.8 Å². The summed E-state index contributed by atoms with van der Waals surface area (Å²) >= 11 is 5.81. The Hall–Kier alpha value is -0.540. The van der Waals surface area contributed by atoms with E-state index in [2.05, 4.69) is 4.98 Å². The molecule has 11 heavy (non-hydrogen) atoms. The summed E-state index contributed by atoms with van der Waals surface area (Å²) < 4.78 is 1.93. The largest absolute Gasteiger partial charge is 0.336 e. The Balaban J connectivity index is 2.67. The highest BCUT2D eigenvalue weighted by atomic mass is 35.5. The molecule has 0 aliphatic carbocycles. The van der Waals surface area contributed by atoms with Crippen LogP contribution in [-0.4, -0.2) is 16.1 Å². The van der Waals surface area contributed by atoms with Gasteiger partial charge in [0.2, 0.25) is 0 Å². The predicted octanol–water partition coefficient (Wildman–Crippen LogP) is 0.965. The average molecular weight is 174 g/mol. The van der Waals surface area contributed by atoms with Crippen LogP contribution >= 0.6 is 11.6 Å². The summed E-state index contributed by atoms with van der Waals surface area (Å²) in [6, 6.07) is 0. The fraction of sp³-hybridized carbons (Fsp3) is 0.571. The van der Waals surface area contributed by atoms with E-state index < -0.39 is 0 Å². The predicted molar refractivity (Wildman–Crippen MR) is 45.6 cm³/mol. The smallest absolute Gasteiger partial charge is 0.150 e. The minimum atomic E-state index is 0.598. The van der Waals surface area contributed by atoms with Gasteiger partial charge >= 0.3 is 0 Å². The van der Waals surface area contributed by atoms with Gasteiger partial charge in [-0.05, 0) is 19.4 Å². The Kier molecular flexibility index (Phi) is 2.91. The van der Waals surface area contributed by atoms with Crippen molar-refractivity contribution in [3.8, 4) is 0 Å². The number of nitrogens with two attached hydrogens (primary N) is 1. The number of aryl methyl sites for hydroxylation is 1. The molecule has 1 aromatic heterocycles. The van der Waals surface area contributed by atoms with Crippen LogP contribution in [0.1, 0.15) is 12.1 Å². The van der Waals surface area contributed by atoms with Crippen LogP contribution in [-0.2, 0) is 13.5 Å². The minimum absolute atomic E-state index is 0.598. The summed E-state index contributed by atoms with van der Waals surface area (Å²) in [6.07, 6.45) is 3.58. The van der Waals surface area contributed by atoms with Crippen molar-refractivity contribution >= 4 is 11.6 Å². The zero-order valence-electron chi connectivity index (χ0n) is 6.55. The summed E-state index contributed by atoms with van der Waals surface area (Å²) in [7, 11) is 1.94. The zero-order valence-corrected chi connectivity index (χ0v) is 7.30. The van der Waals surface area contributed by atoms with E-state index in [0.29, 0.717) is 11.7 Å². The van der Waals surface area contributed by atoms with Crippen LogP contribution < -0.4 is 5.73 Å². The average Bonchev–Trinajstić information content (AvgIpc) is 2.29. The minimum Gasteiger partial charge on any atom is -0.336 e. The Morgan fingerprint density at radius 2 is 2.45 bits per heavy atom. The Bertz CT molecular complexity index is 212. The Morgan fingerprint density at radius 3 is 2.91 bits per heavy atom. The van der Waals surface area contributed by atoms with Gasteiger partial charge < -0.3 is 10.3 Å². The first-order chi connectivity index (χ1) is 5.25. The molecule has 1 rings (SSSR count). The second-order valence-corrected chi connectivity index (χ2v) is 2.84. The molecule has 0 unspecified atom stereocenters. The third-order valence-electron chi connectivity index (χ3n) is 1.63. The standard InChI is InChI=1S/C7H12ClN3/c1-11-5-10-7(8)6(11)3-2-4-9/h5H,2-4,9H2,1H3. The fourth-order valence-corrected chi connectivity index (χ4v) is 1.25. The van der Waals surface area contributed by atoms with Crippen molar-refractivity contribution in [2.24, 2.45) is 12.8 Å². The van der Waals surface area contributed by atoms with E-state index in [1.165, 1.54) is 0 Å². The molecule has 2 N–H and O–H groups in total. The van der Waals surface area contributed by atoms with Crippen molar-refractivity contribution in [2.75, 3.05) is 6.54 Å². The molecule has 1 aromatic rings. The topological polar surface area (TPSA) is 43.8 Å². The van der Waals surface area contributed by atoms with Crippen LogP contribution in [0, 0.1) is 0 Å². The van der Waals surface area contributed by atoms with Crippen LogP contribution in [0.5, 0.6) is 0 Å². The zero-order chi connectivity index (χ0) is 8.27. The van der Waals surface area contributed by atoms with E-state index >= 15 is 0 Å². The number of hydrogen-bond donors (Lipinski definition) is 1. The molecule has 0 spiro atoms. The lowest BCUT2D eigenvalue weighted by molar-refractivity contribution is 0.754. The van der Waals surface area contributed by atoms with Gasteiger partial charge in [-0.3, -0.25) is 0 Å². The Labute approximate surface area is 71.2 Å². The van der Waals surface area contributed by atoms with Gasteiger partial charge in [-0.15, -0.1) is 0 Å².